The zero-order valence-corrected chi connectivity index (χ0v) is 8.99. The van der Waals surface area contributed by atoms with Gasteiger partial charge in [-0.05, 0) is 31.4 Å². The van der Waals surface area contributed by atoms with Gasteiger partial charge in [0.25, 0.3) is 0 Å². The largest absolute Gasteiger partial charge is 0.493 e. The summed E-state index contributed by atoms with van der Waals surface area (Å²) in [5.41, 5.74) is 1.32. The molecule has 2 heteroatoms. The molecular weight excluding hydrogens is 186 g/mol. The van der Waals surface area contributed by atoms with Gasteiger partial charge in [-0.3, -0.25) is 0 Å². The first-order valence-corrected chi connectivity index (χ1v) is 5.31. The van der Waals surface area contributed by atoms with Gasteiger partial charge in [0.15, 0.2) is 0 Å². The summed E-state index contributed by atoms with van der Waals surface area (Å²) < 4.78 is 5.77. The molecule has 2 nitrogen and oxygen atoms in total. The minimum absolute atomic E-state index is 0.164. The van der Waals surface area contributed by atoms with E-state index in [4.69, 9.17) is 10.00 Å². The summed E-state index contributed by atoms with van der Waals surface area (Å²) in [6.07, 6.45) is 2.89. The summed E-state index contributed by atoms with van der Waals surface area (Å²) >= 11 is 0. The molecule has 0 radical (unpaired) electrons. The zero-order valence-electron chi connectivity index (χ0n) is 8.99. The Morgan fingerprint density at radius 3 is 2.73 bits per heavy atom. The Kier molecular flexibility index (Phi) is 2.64. The van der Waals surface area contributed by atoms with Crippen LogP contribution in [-0.2, 0) is 0 Å². The maximum absolute atomic E-state index is 8.69. The fraction of sp³-hybridized carbons (Fsp3) is 0.462. The Balaban J connectivity index is 1.94. The highest BCUT2D eigenvalue weighted by atomic mass is 16.5. The second-order valence-corrected chi connectivity index (χ2v) is 4.39. The average molecular weight is 201 g/mol. The van der Waals surface area contributed by atoms with Gasteiger partial charge in [0.2, 0.25) is 0 Å². The van der Waals surface area contributed by atoms with Crippen LogP contribution in [0, 0.1) is 23.7 Å². The normalized spacial score (nSPS) is 16.8. The molecule has 15 heavy (non-hydrogen) atoms. The van der Waals surface area contributed by atoms with Crippen LogP contribution in [0.4, 0.5) is 0 Å². The van der Waals surface area contributed by atoms with E-state index in [1.54, 1.807) is 0 Å². The average Bonchev–Trinajstić information content (AvgIpc) is 2.98. The highest BCUT2D eigenvalue weighted by Crippen LogP contribution is 2.48. The number of nitrogens with zero attached hydrogens (tertiary/aromatic N) is 1. The van der Waals surface area contributed by atoms with Crippen LogP contribution < -0.4 is 4.74 Å². The van der Waals surface area contributed by atoms with Gasteiger partial charge in [-0.25, -0.2) is 0 Å². The molecule has 1 fully saturated rings. The van der Waals surface area contributed by atoms with E-state index in [2.05, 4.69) is 6.07 Å². The SMILES string of the molecule is Cc1ccccc1OCC1(CC#N)CC1. The van der Waals surface area contributed by atoms with Gasteiger partial charge < -0.3 is 4.74 Å². The van der Waals surface area contributed by atoms with E-state index < -0.39 is 0 Å². The van der Waals surface area contributed by atoms with Crippen molar-refractivity contribution in [1.29, 1.82) is 5.26 Å². The number of benzene rings is 1. The highest BCUT2D eigenvalue weighted by Gasteiger charge is 2.43. The molecule has 1 saturated carbocycles. The predicted molar refractivity (Wildman–Crippen MR) is 58.6 cm³/mol. The molecule has 0 aliphatic heterocycles. The Hall–Kier alpha value is -1.49. The van der Waals surface area contributed by atoms with Gasteiger partial charge in [0, 0.05) is 11.8 Å². The first-order chi connectivity index (χ1) is 7.26. The molecule has 0 unspecified atom stereocenters. The van der Waals surface area contributed by atoms with Gasteiger partial charge in [0.05, 0.1) is 12.7 Å². The van der Waals surface area contributed by atoms with Crippen molar-refractivity contribution in [2.45, 2.75) is 26.2 Å². The first kappa shape index (κ1) is 10.0. The highest BCUT2D eigenvalue weighted by molar-refractivity contribution is 5.31. The number of nitriles is 1. The smallest absolute Gasteiger partial charge is 0.122 e. The second kappa shape index (κ2) is 3.94. The molecule has 0 bridgehead atoms. The molecule has 0 saturated heterocycles. The van der Waals surface area contributed by atoms with E-state index in [0.717, 1.165) is 24.2 Å². The fourth-order valence-electron chi connectivity index (χ4n) is 1.67. The Bertz CT molecular complexity index is 388. The molecule has 1 aliphatic carbocycles. The molecule has 1 aromatic carbocycles. The Morgan fingerprint density at radius 1 is 1.40 bits per heavy atom. The van der Waals surface area contributed by atoms with E-state index in [0.29, 0.717) is 13.0 Å². The first-order valence-electron chi connectivity index (χ1n) is 5.31. The summed E-state index contributed by atoms with van der Waals surface area (Å²) in [6, 6.07) is 10.2. The minimum atomic E-state index is 0.164. The van der Waals surface area contributed by atoms with Gasteiger partial charge in [0.1, 0.15) is 5.75 Å². The summed E-state index contributed by atoms with van der Waals surface area (Å²) in [4.78, 5) is 0. The van der Waals surface area contributed by atoms with Crippen LogP contribution in [-0.4, -0.2) is 6.61 Å². The van der Waals surface area contributed by atoms with Crippen molar-refractivity contribution in [1.82, 2.24) is 0 Å². The molecule has 0 heterocycles. The fourth-order valence-corrected chi connectivity index (χ4v) is 1.67. The number of aryl methyl sites for hydroxylation is 1. The molecular formula is C13H15NO. The molecule has 0 amide bonds. The van der Waals surface area contributed by atoms with Crippen molar-refractivity contribution in [2.24, 2.45) is 5.41 Å². The molecule has 0 N–H and O–H groups in total. The molecule has 0 spiro atoms. The van der Waals surface area contributed by atoms with Crippen molar-refractivity contribution >= 4 is 0 Å². The number of hydrogen-bond donors (Lipinski definition) is 0. The molecule has 2 rings (SSSR count). The van der Waals surface area contributed by atoms with Crippen molar-refractivity contribution < 1.29 is 4.74 Å². The van der Waals surface area contributed by atoms with Crippen LogP contribution in [0.15, 0.2) is 24.3 Å². The summed E-state index contributed by atoms with van der Waals surface area (Å²) in [6.45, 7) is 2.73. The predicted octanol–water partition coefficient (Wildman–Crippen LogP) is 3.07. The van der Waals surface area contributed by atoms with Crippen molar-refractivity contribution in [2.75, 3.05) is 6.61 Å². The number of ether oxygens (including phenoxy) is 1. The lowest BCUT2D eigenvalue weighted by atomic mass is 10.1. The van der Waals surface area contributed by atoms with Crippen molar-refractivity contribution in [3.05, 3.63) is 29.8 Å². The van der Waals surface area contributed by atoms with Gasteiger partial charge >= 0.3 is 0 Å². The lowest BCUT2D eigenvalue weighted by Gasteiger charge is -2.14. The van der Waals surface area contributed by atoms with E-state index in [1.807, 2.05) is 31.2 Å². The molecule has 0 atom stereocenters. The van der Waals surface area contributed by atoms with Crippen LogP contribution in [0.5, 0.6) is 5.75 Å². The zero-order chi connectivity index (χ0) is 10.7. The second-order valence-electron chi connectivity index (χ2n) is 4.39. The molecule has 1 aliphatic rings. The number of rotatable bonds is 4. The molecule has 1 aromatic rings. The van der Waals surface area contributed by atoms with Gasteiger partial charge in [-0.2, -0.15) is 5.26 Å². The third kappa shape index (κ3) is 2.30. The standard InChI is InChI=1S/C13H15NO/c1-11-4-2-3-5-12(11)15-10-13(6-7-13)8-9-14/h2-5H,6-8,10H2,1H3. The monoisotopic (exact) mass is 201 g/mol. The third-order valence-electron chi connectivity index (χ3n) is 3.04. The maximum atomic E-state index is 8.69. The quantitative estimate of drug-likeness (QED) is 0.750. The van der Waals surface area contributed by atoms with E-state index >= 15 is 0 Å². The van der Waals surface area contributed by atoms with E-state index in [9.17, 15) is 0 Å². The summed E-state index contributed by atoms with van der Waals surface area (Å²) in [5.74, 6) is 0.946. The summed E-state index contributed by atoms with van der Waals surface area (Å²) in [7, 11) is 0. The number of hydrogen-bond acceptors (Lipinski definition) is 2. The molecule has 78 valence electrons. The Labute approximate surface area is 90.5 Å². The third-order valence-corrected chi connectivity index (χ3v) is 3.04. The van der Waals surface area contributed by atoms with Crippen LogP contribution in [0.3, 0.4) is 0 Å². The van der Waals surface area contributed by atoms with Crippen molar-refractivity contribution in [3.63, 3.8) is 0 Å². The summed E-state index contributed by atoms with van der Waals surface area (Å²) in [5, 5.41) is 8.69. The van der Waals surface area contributed by atoms with Gasteiger partial charge in [-0.15, -0.1) is 0 Å². The van der Waals surface area contributed by atoms with Crippen LogP contribution >= 0.6 is 0 Å². The maximum Gasteiger partial charge on any atom is 0.122 e. The molecule has 0 aromatic heterocycles. The van der Waals surface area contributed by atoms with Crippen LogP contribution in [0.2, 0.25) is 0 Å². The lowest BCUT2D eigenvalue weighted by molar-refractivity contribution is 0.235. The van der Waals surface area contributed by atoms with Crippen molar-refractivity contribution in [3.8, 4) is 11.8 Å². The minimum Gasteiger partial charge on any atom is -0.493 e. The van der Waals surface area contributed by atoms with Crippen LogP contribution in [0.25, 0.3) is 0 Å². The van der Waals surface area contributed by atoms with Gasteiger partial charge in [-0.1, -0.05) is 18.2 Å². The lowest BCUT2D eigenvalue weighted by Crippen LogP contribution is -2.12. The van der Waals surface area contributed by atoms with Crippen LogP contribution in [0.1, 0.15) is 24.8 Å². The Morgan fingerprint density at radius 2 is 2.13 bits per heavy atom. The topological polar surface area (TPSA) is 33.0 Å². The number of para-hydroxylation sites is 1. The van der Waals surface area contributed by atoms with E-state index in [1.165, 1.54) is 0 Å². The van der Waals surface area contributed by atoms with E-state index in [-0.39, 0.29) is 5.41 Å².